The number of hydrogen-bond acceptors (Lipinski definition) is 9. The van der Waals surface area contributed by atoms with Crippen molar-refractivity contribution >= 4 is 32.9 Å². The number of rotatable bonds is 4. The minimum atomic E-state index is 0.209. The minimum Gasteiger partial charge on any atom is -0.379 e. The number of hydrogen-bond donors (Lipinski definition) is 0. The summed E-state index contributed by atoms with van der Waals surface area (Å²) in [5.74, 6) is 1.58. The summed E-state index contributed by atoms with van der Waals surface area (Å²) in [6.45, 7) is 3.80. The Morgan fingerprint density at radius 3 is 2.89 bits per heavy atom. The van der Waals surface area contributed by atoms with E-state index in [1.807, 2.05) is 11.4 Å². The molecule has 4 aromatic heterocycles. The van der Waals surface area contributed by atoms with Gasteiger partial charge in [-0.3, -0.25) is 9.47 Å². The van der Waals surface area contributed by atoms with E-state index in [0.717, 1.165) is 52.8 Å². The van der Waals surface area contributed by atoms with Crippen molar-refractivity contribution in [3.8, 4) is 22.3 Å². The van der Waals surface area contributed by atoms with Crippen LogP contribution in [0.1, 0.15) is 11.6 Å². The third-order valence-electron chi connectivity index (χ3n) is 4.59. The molecule has 0 unspecified atom stereocenters. The smallest absolute Gasteiger partial charge is 0.240 e. The molecule has 0 saturated carbocycles. The van der Waals surface area contributed by atoms with Crippen LogP contribution in [-0.2, 0) is 11.3 Å². The summed E-state index contributed by atoms with van der Waals surface area (Å²) in [7, 11) is 0. The molecule has 0 bridgehead atoms. The zero-order valence-corrected chi connectivity index (χ0v) is 16.4. The van der Waals surface area contributed by atoms with E-state index in [9.17, 15) is 5.26 Å². The SMILES string of the molecule is N#Cc1nncn1-c1nc(CN2CCOCC2)nc2scc(-c3cccs3)c12. The van der Waals surface area contributed by atoms with Gasteiger partial charge in [0, 0.05) is 28.9 Å². The molecule has 0 atom stereocenters. The van der Waals surface area contributed by atoms with E-state index >= 15 is 0 Å². The number of ether oxygens (including phenoxy) is 1. The van der Waals surface area contributed by atoms with Crippen molar-refractivity contribution in [1.29, 1.82) is 5.26 Å². The first-order valence-corrected chi connectivity index (χ1v) is 10.5. The van der Waals surface area contributed by atoms with Crippen LogP contribution in [0.4, 0.5) is 0 Å². The highest BCUT2D eigenvalue weighted by Gasteiger charge is 2.21. The summed E-state index contributed by atoms with van der Waals surface area (Å²) in [6.07, 6.45) is 1.54. The Balaban J connectivity index is 1.68. The molecule has 1 fully saturated rings. The normalized spacial score (nSPS) is 15.1. The zero-order chi connectivity index (χ0) is 18.9. The first kappa shape index (κ1) is 17.4. The van der Waals surface area contributed by atoms with E-state index in [1.54, 1.807) is 27.2 Å². The Morgan fingerprint density at radius 2 is 2.11 bits per heavy atom. The molecule has 5 rings (SSSR count). The van der Waals surface area contributed by atoms with Gasteiger partial charge < -0.3 is 4.74 Å². The molecule has 0 amide bonds. The van der Waals surface area contributed by atoms with Crippen LogP contribution < -0.4 is 0 Å². The zero-order valence-electron chi connectivity index (χ0n) is 14.8. The Bertz CT molecular complexity index is 1150. The van der Waals surface area contributed by atoms with Gasteiger partial charge in [0.1, 0.15) is 23.1 Å². The van der Waals surface area contributed by atoms with Gasteiger partial charge in [0.25, 0.3) is 0 Å². The predicted molar refractivity (Wildman–Crippen MR) is 106 cm³/mol. The summed E-state index contributed by atoms with van der Waals surface area (Å²) in [5, 5.41) is 22.3. The van der Waals surface area contributed by atoms with E-state index in [0.29, 0.717) is 12.4 Å². The van der Waals surface area contributed by atoms with Crippen LogP contribution in [-0.4, -0.2) is 55.9 Å². The first-order chi connectivity index (χ1) is 13.8. The maximum Gasteiger partial charge on any atom is 0.240 e. The molecule has 1 saturated heterocycles. The number of nitrogens with zero attached hydrogens (tertiary/aromatic N) is 7. The van der Waals surface area contributed by atoms with Crippen molar-refractivity contribution < 1.29 is 4.74 Å². The summed E-state index contributed by atoms with van der Waals surface area (Å²) in [4.78, 5) is 14.0. The van der Waals surface area contributed by atoms with Gasteiger partial charge in [-0.15, -0.1) is 32.9 Å². The van der Waals surface area contributed by atoms with Crippen molar-refractivity contribution in [2.24, 2.45) is 0 Å². The Hall–Kier alpha value is -2.71. The summed E-state index contributed by atoms with van der Waals surface area (Å²) in [6, 6.07) is 6.20. The summed E-state index contributed by atoms with van der Waals surface area (Å²) >= 11 is 3.26. The largest absolute Gasteiger partial charge is 0.379 e. The second-order valence-electron chi connectivity index (χ2n) is 6.30. The molecule has 5 heterocycles. The van der Waals surface area contributed by atoms with Crippen molar-refractivity contribution in [2.75, 3.05) is 26.3 Å². The lowest BCUT2D eigenvalue weighted by molar-refractivity contribution is 0.0331. The van der Waals surface area contributed by atoms with Gasteiger partial charge in [0.2, 0.25) is 5.82 Å². The average Bonchev–Trinajstić information content (AvgIpc) is 3.47. The molecular formula is C18H15N7OS2. The summed E-state index contributed by atoms with van der Waals surface area (Å²) in [5.41, 5.74) is 1.07. The van der Waals surface area contributed by atoms with Crippen LogP contribution in [0.5, 0.6) is 0 Å². The molecule has 8 nitrogen and oxygen atoms in total. The van der Waals surface area contributed by atoms with Gasteiger partial charge in [-0.1, -0.05) is 6.07 Å². The third-order valence-corrected chi connectivity index (χ3v) is 6.37. The molecule has 140 valence electrons. The van der Waals surface area contributed by atoms with Gasteiger partial charge in [0.05, 0.1) is 25.1 Å². The molecule has 10 heteroatoms. The maximum atomic E-state index is 9.44. The third kappa shape index (κ3) is 3.08. The van der Waals surface area contributed by atoms with Crippen LogP contribution in [0, 0.1) is 11.3 Å². The van der Waals surface area contributed by atoms with Crippen LogP contribution in [0.3, 0.4) is 0 Å². The molecule has 1 aliphatic heterocycles. The van der Waals surface area contributed by atoms with Crippen molar-refractivity contribution in [3.05, 3.63) is 40.9 Å². The molecular weight excluding hydrogens is 394 g/mol. The van der Waals surface area contributed by atoms with Crippen molar-refractivity contribution in [1.82, 2.24) is 29.6 Å². The van der Waals surface area contributed by atoms with E-state index in [1.165, 1.54) is 6.33 Å². The van der Waals surface area contributed by atoms with E-state index in [4.69, 9.17) is 14.7 Å². The fourth-order valence-corrected chi connectivity index (χ4v) is 5.03. The molecule has 0 aliphatic carbocycles. The molecule has 0 aromatic carbocycles. The lowest BCUT2D eigenvalue weighted by atomic mass is 10.2. The number of aromatic nitrogens is 5. The number of nitriles is 1. The minimum absolute atomic E-state index is 0.209. The van der Waals surface area contributed by atoms with Crippen molar-refractivity contribution in [3.63, 3.8) is 0 Å². The highest BCUT2D eigenvalue weighted by Crippen LogP contribution is 2.38. The van der Waals surface area contributed by atoms with Gasteiger partial charge in [-0.25, -0.2) is 9.97 Å². The van der Waals surface area contributed by atoms with E-state index < -0.39 is 0 Å². The highest BCUT2D eigenvalue weighted by molar-refractivity contribution is 7.18. The van der Waals surface area contributed by atoms with Gasteiger partial charge in [-0.2, -0.15) is 5.26 Å². The second-order valence-corrected chi connectivity index (χ2v) is 8.10. The average molecular weight is 410 g/mol. The quantitative estimate of drug-likeness (QED) is 0.512. The molecule has 28 heavy (non-hydrogen) atoms. The van der Waals surface area contributed by atoms with Gasteiger partial charge >= 0.3 is 0 Å². The lowest BCUT2D eigenvalue weighted by Crippen LogP contribution is -2.36. The lowest BCUT2D eigenvalue weighted by Gasteiger charge is -2.25. The molecule has 1 aliphatic rings. The predicted octanol–water partition coefficient (Wildman–Crippen LogP) is 2.70. The fourth-order valence-electron chi connectivity index (χ4n) is 3.25. The number of fused-ring (bicyclic) bond motifs is 1. The Kier molecular flexibility index (Phi) is 4.58. The summed E-state index contributed by atoms with van der Waals surface area (Å²) < 4.78 is 7.08. The van der Waals surface area contributed by atoms with Gasteiger partial charge in [0.15, 0.2) is 5.82 Å². The molecule has 0 N–H and O–H groups in total. The fraction of sp³-hybridized carbons (Fsp3) is 0.278. The topological polar surface area (TPSA) is 92.8 Å². The van der Waals surface area contributed by atoms with Gasteiger partial charge in [-0.05, 0) is 11.4 Å². The first-order valence-electron chi connectivity index (χ1n) is 8.76. The van der Waals surface area contributed by atoms with Crippen LogP contribution in [0.2, 0.25) is 0 Å². The molecule has 0 radical (unpaired) electrons. The van der Waals surface area contributed by atoms with Crippen LogP contribution in [0.25, 0.3) is 26.5 Å². The van der Waals surface area contributed by atoms with E-state index in [-0.39, 0.29) is 5.82 Å². The van der Waals surface area contributed by atoms with Crippen LogP contribution in [0.15, 0.2) is 29.2 Å². The van der Waals surface area contributed by atoms with Crippen LogP contribution >= 0.6 is 22.7 Å². The highest BCUT2D eigenvalue weighted by atomic mass is 32.1. The van der Waals surface area contributed by atoms with E-state index in [2.05, 4.69) is 32.6 Å². The number of morpholine rings is 1. The van der Waals surface area contributed by atoms with Crippen molar-refractivity contribution in [2.45, 2.75) is 6.54 Å². The number of thiophene rings is 2. The Morgan fingerprint density at radius 1 is 1.21 bits per heavy atom. The molecule has 4 aromatic rings. The maximum absolute atomic E-state index is 9.44. The Labute approximate surface area is 168 Å². The molecule has 0 spiro atoms. The second kappa shape index (κ2) is 7.37. The standard InChI is InChI=1S/C18H15N7OS2/c19-8-15-23-20-11-25(15)17-16-12(13-2-1-7-27-13)10-28-18(16)22-14(21-17)9-24-3-5-26-6-4-24/h1-2,7,10-11H,3-6,9H2. The monoisotopic (exact) mass is 409 g/mol.